The third-order valence-corrected chi connectivity index (χ3v) is 3.41. The molecule has 0 aromatic carbocycles. The molecule has 9 heteroatoms. The van der Waals surface area contributed by atoms with E-state index in [4.69, 9.17) is 4.74 Å². The van der Waals surface area contributed by atoms with Crippen molar-refractivity contribution in [3.63, 3.8) is 0 Å². The summed E-state index contributed by atoms with van der Waals surface area (Å²) in [4.78, 5) is 27.0. The number of amides is 1. The Bertz CT molecular complexity index is 569. The highest BCUT2D eigenvalue weighted by Gasteiger charge is 2.28. The van der Waals surface area contributed by atoms with E-state index in [9.17, 15) is 22.8 Å². The summed E-state index contributed by atoms with van der Waals surface area (Å²) in [6.45, 7) is -1.88. The molecule has 0 bridgehead atoms. The Labute approximate surface area is 136 Å². The van der Waals surface area contributed by atoms with E-state index >= 15 is 0 Å². The first kappa shape index (κ1) is 18.0. The monoisotopic (exact) mass is 346 g/mol. The molecule has 1 amide bonds. The van der Waals surface area contributed by atoms with Gasteiger partial charge in [-0.3, -0.25) is 4.79 Å². The van der Waals surface area contributed by atoms with Gasteiger partial charge in [-0.05, 0) is 18.9 Å². The normalized spacial score (nSPS) is 15.1. The zero-order valence-electron chi connectivity index (χ0n) is 12.8. The lowest BCUT2D eigenvalue weighted by Gasteiger charge is -2.12. The van der Waals surface area contributed by atoms with Gasteiger partial charge >= 0.3 is 12.1 Å². The number of carbonyl (C=O) groups is 2. The number of nitrogens with one attached hydrogen (secondary N) is 1. The molecule has 1 fully saturated rings. The molecule has 6 nitrogen and oxygen atoms in total. The highest BCUT2D eigenvalue weighted by Crippen LogP contribution is 2.18. The second-order valence-electron chi connectivity index (χ2n) is 5.41. The van der Waals surface area contributed by atoms with Crippen LogP contribution in [0, 0.1) is 0 Å². The zero-order valence-corrected chi connectivity index (χ0v) is 12.8. The number of ether oxygens (including phenoxy) is 2. The van der Waals surface area contributed by atoms with Crippen molar-refractivity contribution in [2.24, 2.45) is 0 Å². The van der Waals surface area contributed by atoms with Crippen LogP contribution >= 0.6 is 0 Å². The molecule has 0 atom stereocenters. The summed E-state index contributed by atoms with van der Waals surface area (Å²) in [7, 11) is 0. The fourth-order valence-electron chi connectivity index (χ4n) is 2.30. The predicted molar refractivity (Wildman–Crippen MR) is 76.5 cm³/mol. The molecule has 1 aliphatic carbocycles. The van der Waals surface area contributed by atoms with Crippen molar-refractivity contribution >= 4 is 11.9 Å². The Morgan fingerprint density at radius 1 is 1.25 bits per heavy atom. The van der Waals surface area contributed by atoms with E-state index in [0.717, 1.165) is 37.9 Å². The summed E-state index contributed by atoms with van der Waals surface area (Å²) in [6.07, 6.45) is 0.541. The van der Waals surface area contributed by atoms with E-state index < -0.39 is 25.4 Å². The van der Waals surface area contributed by atoms with E-state index in [-0.39, 0.29) is 23.4 Å². The molecule has 132 valence electrons. The fraction of sp³-hybridized carbons (Fsp3) is 0.533. The number of esters is 1. The third kappa shape index (κ3) is 6.05. The van der Waals surface area contributed by atoms with Crippen molar-refractivity contribution in [2.45, 2.75) is 37.9 Å². The second kappa shape index (κ2) is 7.98. The molecule has 1 aromatic rings. The van der Waals surface area contributed by atoms with Gasteiger partial charge in [-0.1, -0.05) is 12.8 Å². The number of hydrogen-bond donors (Lipinski definition) is 1. The van der Waals surface area contributed by atoms with Gasteiger partial charge in [0.05, 0.1) is 5.56 Å². The number of aromatic nitrogens is 1. The third-order valence-electron chi connectivity index (χ3n) is 3.41. The van der Waals surface area contributed by atoms with Crippen LogP contribution in [-0.4, -0.2) is 42.3 Å². The lowest BCUT2D eigenvalue weighted by molar-refractivity contribution is -0.154. The molecule has 1 aromatic heterocycles. The van der Waals surface area contributed by atoms with Crippen molar-refractivity contribution in [2.75, 3.05) is 13.2 Å². The number of rotatable bonds is 6. The number of pyridine rings is 1. The molecule has 1 saturated carbocycles. The standard InChI is InChI=1S/C15H17F3N2O4/c16-15(17,18)9-24-13-6-5-10(7-19-13)14(22)23-8-12(21)20-11-3-1-2-4-11/h5-7,11H,1-4,8-9H2,(H,20,21). The van der Waals surface area contributed by atoms with Crippen molar-refractivity contribution in [3.8, 4) is 5.88 Å². The minimum Gasteiger partial charge on any atom is -0.468 e. The van der Waals surface area contributed by atoms with Crippen molar-refractivity contribution in [1.82, 2.24) is 10.3 Å². The Balaban J connectivity index is 1.76. The average Bonchev–Trinajstić information content (AvgIpc) is 3.03. The van der Waals surface area contributed by atoms with Gasteiger partial charge < -0.3 is 14.8 Å². The van der Waals surface area contributed by atoms with Crippen molar-refractivity contribution in [3.05, 3.63) is 23.9 Å². The smallest absolute Gasteiger partial charge is 0.422 e. The van der Waals surface area contributed by atoms with Crippen LogP contribution in [0.2, 0.25) is 0 Å². The summed E-state index contributed by atoms with van der Waals surface area (Å²) in [6, 6.07) is 2.47. The van der Waals surface area contributed by atoms with Gasteiger partial charge in [-0.15, -0.1) is 0 Å². The minimum absolute atomic E-state index is 0.0167. The Morgan fingerprint density at radius 2 is 1.96 bits per heavy atom. The van der Waals surface area contributed by atoms with Crippen LogP contribution in [0.1, 0.15) is 36.0 Å². The molecule has 0 radical (unpaired) electrons. The lowest BCUT2D eigenvalue weighted by atomic mass is 10.2. The van der Waals surface area contributed by atoms with Gasteiger partial charge in [0.1, 0.15) is 0 Å². The molecule has 0 aliphatic heterocycles. The number of hydrogen-bond acceptors (Lipinski definition) is 5. The maximum atomic E-state index is 12.0. The van der Waals surface area contributed by atoms with E-state index in [0.29, 0.717) is 0 Å². The average molecular weight is 346 g/mol. The molecule has 2 rings (SSSR count). The van der Waals surface area contributed by atoms with E-state index in [1.807, 2.05) is 0 Å². The summed E-state index contributed by atoms with van der Waals surface area (Å²) in [5.41, 5.74) is 0.0167. The number of carbonyl (C=O) groups excluding carboxylic acids is 2. The van der Waals surface area contributed by atoms with Gasteiger partial charge in [-0.25, -0.2) is 9.78 Å². The maximum Gasteiger partial charge on any atom is 0.422 e. The topological polar surface area (TPSA) is 77.5 Å². The fourth-order valence-corrected chi connectivity index (χ4v) is 2.30. The lowest BCUT2D eigenvalue weighted by Crippen LogP contribution is -2.35. The largest absolute Gasteiger partial charge is 0.468 e. The first-order valence-corrected chi connectivity index (χ1v) is 7.45. The Hall–Kier alpha value is -2.32. The zero-order chi connectivity index (χ0) is 17.6. The summed E-state index contributed by atoms with van der Waals surface area (Å²) in [5.74, 6) is -1.43. The van der Waals surface area contributed by atoms with E-state index in [1.54, 1.807) is 0 Å². The number of nitrogens with zero attached hydrogens (tertiary/aromatic N) is 1. The van der Waals surface area contributed by atoms with Crippen LogP contribution in [0.15, 0.2) is 18.3 Å². The van der Waals surface area contributed by atoms with Crippen LogP contribution in [0.25, 0.3) is 0 Å². The van der Waals surface area contributed by atoms with Gasteiger partial charge in [0, 0.05) is 18.3 Å². The SMILES string of the molecule is O=C(COC(=O)c1ccc(OCC(F)(F)F)nc1)NC1CCCC1. The molecule has 1 heterocycles. The molecule has 0 saturated heterocycles. The van der Waals surface area contributed by atoms with Crippen LogP contribution in [0.4, 0.5) is 13.2 Å². The Morgan fingerprint density at radius 3 is 2.54 bits per heavy atom. The van der Waals surface area contributed by atoms with Crippen LogP contribution < -0.4 is 10.1 Å². The number of halogens is 3. The maximum absolute atomic E-state index is 12.0. The number of alkyl halides is 3. The van der Waals surface area contributed by atoms with E-state index in [2.05, 4.69) is 15.0 Å². The molecular weight excluding hydrogens is 329 g/mol. The highest BCUT2D eigenvalue weighted by molar-refractivity contribution is 5.91. The molecular formula is C15H17F3N2O4. The van der Waals surface area contributed by atoms with Crippen molar-refractivity contribution in [1.29, 1.82) is 0 Å². The first-order chi connectivity index (χ1) is 11.3. The molecule has 24 heavy (non-hydrogen) atoms. The van der Waals surface area contributed by atoms with Gasteiger partial charge in [-0.2, -0.15) is 13.2 Å². The van der Waals surface area contributed by atoms with Crippen LogP contribution in [-0.2, 0) is 9.53 Å². The van der Waals surface area contributed by atoms with Crippen LogP contribution in [0.3, 0.4) is 0 Å². The van der Waals surface area contributed by atoms with Crippen molar-refractivity contribution < 1.29 is 32.2 Å². The minimum atomic E-state index is -4.47. The first-order valence-electron chi connectivity index (χ1n) is 7.45. The molecule has 0 spiro atoms. The van der Waals surface area contributed by atoms with Crippen LogP contribution in [0.5, 0.6) is 5.88 Å². The summed E-state index contributed by atoms with van der Waals surface area (Å²) < 4.78 is 45.3. The van der Waals surface area contributed by atoms with Gasteiger partial charge in [0.2, 0.25) is 5.88 Å². The summed E-state index contributed by atoms with van der Waals surface area (Å²) in [5, 5.41) is 2.77. The quantitative estimate of drug-likeness (QED) is 0.800. The molecule has 1 N–H and O–H groups in total. The van der Waals surface area contributed by atoms with Gasteiger partial charge in [0.25, 0.3) is 5.91 Å². The summed E-state index contributed by atoms with van der Waals surface area (Å²) >= 11 is 0. The molecule has 1 aliphatic rings. The highest BCUT2D eigenvalue weighted by atomic mass is 19.4. The Kier molecular flexibility index (Phi) is 5.99. The second-order valence-corrected chi connectivity index (χ2v) is 5.41. The van der Waals surface area contributed by atoms with E-state index in [1.165, 1.54) is 6.07 Å². The predicted octanol–water partition coefficient (Wildman–Crippen LogP) is 2.24. The molecule has 0 unspecified atom stereocenters. The van der Waals surface area contributed by atoms with Gasteiger partial charge in [0.15, 0.2) is 13.2 Å².